The molecule has 5 aromatic carbocycles. The van der Waals surface area contributed by atoms with E-state index >= 15 is 0 Å². The van der Waals surface area contributed by atoms with Crippen molar-refractivity contribution in [3.63, 3.8) is 0 Å². The van der Waals surface area contributed by atoms with Crippen LogP contribution in [0.2, 0.25) is 0 Å². The number of para-hydroxylation sites is 2. The quantitative estimate of drug-likeness (QED) is 0.172. The molecule has 6 nitrogen and oxygen atoms in total. The molecule has 0 radical (unpaired) electrons. The van der Waals surface area contributed by atoms with Gasteiger partial charge in [0.05, 0.1) is 11.0 Å². The molecule has 0 saturated carbocycles. The van der Waals surface area contributed by atoms with Gasteiger partial charge in [-0.15, -0.1) is 0 Å². The molecule has 0 aliphatic carbocycles. The molecule has 0 N–H and O–H groups in total. The molecule has 0 bridgehead atoms. The lowest BCUT2D eigenvalue weighted by Gasteiger charge is -2.17. The first-order chi connectivity index (χ1) is 26.4. The van der Waals surface area contributed by atoms with Gasteiger partial charge in [-0.1, -0.05) is 126 Å². The molecule has 55 heavy (non-hydrogen) atoms. The monoisotopic (exact) mass is 718 g/mol. The number of nitrogens with zero attached hydrogens (tertiary/aromatic N) is 6. The molecular weight excluding hydrogens is 673 g/mol. The van der Waals surface area contributed by atoms with Gasteiger partial charge in [0.1, 0.15) is 22.9 Å². The van der Waals surface area contributed by atoms with E-state index in [0.29, 0.717) is 0 Å². The van der Waals surface area contributed by atoms with Crippen LogP contribution in [0.4, 0.5) is 0 Å². The Kier molecular flexibility index (Phi) is 8.19. The first-order valence-corrected chi connectivity index (χ1v) is 19.2. The highest BCUT2D eigenvalue weighted by Gasteiger charge is 2.21. The van der Waals surface area contributed by atoms with E-state index in [9.17, 15) is 0 Å². The SMILES string of the molecule is Cc1cccc(-c2cc(-n3c4ccccc4c4cnc(CC(C)(C)C)nc43)ccc2-c2ccc(-n3c4ccccc4c4cnc(CC(C)(C)C)nc43)cc2)c1. The summed E-state index contributed by atoms with van der Waals surface area (Å²) in [6.45, 7) is 15.5. The maximum atomic E-state index is 5.21. The van der Waals surface area contributed by atoms with Crippen LogP contribution in [0, 0.1) is 17.8 Å². The zero-order valence-electron chi connectivity index (χ0n) is 32.7. The van der Waals surface area contributed by atoms with Crippen LogP contribution in [-0.4, -0.2) is 29.1 Å². The lowest BCUT2D eigenvalue weighted by atomic mass is 9.92. The Morgan fingerprint density at radius 1 is 0.473 bits per heavy atom. The van der Waals surface area contributed by atoms with Crippen molar-refractivity contribution in [2.75, 3.05) is 0 Å². The summed E-state index contributed by atoms with van der Waals surface area (Å²) in [5.41, 5.74) is 12.3. The maximum Gasteiger partial charge on any atom is 0.149 e. The molecule has 0 saturated heterocycles. The van der Waals surface area contributed by atoms with Crippen LogP contribution < -0.4 is 0 Å². The van der Waals surface area contributed by atoms with E-state index in [1.54, 1.807) is 0 Å². The van der Waals surface area contributed by atoms with Gasteiger partial charge in [0.25, 0.3) is 0 Å². The van der Waals surface area contributed by atoms with Crippen LogP contribution in [0.1, 0.15) is 58.8 Å². The second kappa shape index (κ2) is 13.0. The Morgan fingerprint density at radius 2 is 1.00 bits per heavy atom. The zero-order chi connectivity index (χ0) is 38.1. The predicted octanol–water partition coefficient (Wildman–Crippen LogP) is 12.3. The van der Waals surface area contributed by atoms with Gasteiger partial charge in [-0.2, -0.15) is 0 Å². The first-order valence-electron chi connectivity index (χ1n) is 19.2. The van der Waals surface area contributed by atoms with Crippen molar-refractivity contribution in [2.24, 2.45) is 10.8 Å². The number of hydrogen-bond acceptors (Lipinski definition) is 4. The van der Waals surface area contributed by atoms with E-state index in [0.717, 1.165) is 85.3 Å². The summed E-state index contributed by atoms with van der Waals surface area (Å²) in [6, 6.07) is 41.7. The fourth-order valence-corrected chi connectivity index (χ4v) is 7.96. The van der Waals surface area contributed by atoms with Crippen LogP contribution in [0.3, 0.4) is 0 Å². The Hall–Kier alpha value is -6.14. The molecule has 4 heterocycles. The molecule has 0 unspecified atom stereocenters. The number of rotatable bonds is 6. The van der Waals surface area contributed by atoms with Crippen molar-refractivity contribution in [2.45, 2.75) is 61.3 Å². The molecular formula is C49H46N6. The van der Waals surface area contributed by atoms with E-state index in [1.807, 2.05) is 12.4 Å². The van der Waals surface area contributed by atoms with Crippen molar-refractivity contribution in [1.29, 1.82) is 0 Å². The smallest absolute Gasteiger partial charge is 0.149 e. The topological polar surface area (TPSA) is 61.4 Å². The van der Waals surface area contributed by atoms with Gasteiger partial charge in [-0.3, -0.25) is 9.13 Å². The standard InChI is InChI=1S/C49H46N6/c1-31-13-12-14-33(25-31)39-26-35(55-43-18-11-9-16-38(43)41-30-51-45(53-47(41)55)28-49(5,6)7)23-24-36(39)32-19-21-34(22-20-32)54-42-17-10-8-15-37(42)40-29-50-44(52-46(40)54)27-48(2,3)4/h8-26,29-30H,27-28H2,1-7H3. The summed E-state index contributed by atoms with van der Waals surface area (Å²) in [7, 11) is 0. The molecule has 0 spiro atoms. The van der Waals surface area contributed by atoms with Gasteiger partial charge >= 0.3 is 0 Å². The molecule has 0 fully saturated rings. The predicted molar refractivity (Wildman–Crippen MR) is 228 cm³/mol. The number of aromatic nitrogens is 6. The van der Waals surface area contributed by atoms with Crippen molar-refractivity contribution >= 4 is 43.9 Å². The Bertz CT molecular complexity index is 2900. The molecule has 0 aliphatic heterocycles. The van der Waals surface area contributed by atoms with Crippen molar-refractivity contribution in [3.05, 3.63) is 145 Å². The normalized spacial score (nSPS) is 12.4. The molecule has 0 amide bonds. The summed E-state index contributed by atoms with van der Waals surface area (Å²) >= 11 is 0. The van der Waals surface area contributed by atoms with Crippen molar-refractivity contribution < 1.29 is 0 Å². The highest BCUT2D eigenvalue weighted by atomic mass is 15.1. The largest absolute Gasteiger partial charge is 0.294 e. The highest BCUT2D eigenvalue weighted by Crippen LogP contribution is 2.39. The van der Waals surface area contributed by atoms with Crippen LogP contribution >= 0.6 is 0 Å². The van der Waals surface area contributed by atoms with E-state index in [4.69, 9.17) is 19.9 Å². The zero-order valence-corrected chi connectivity index (χ0v) is 32.7. The van der Waals surface area contributed by atoms with Gasteiger partial charge in [-0.25, -0.2) is 19.9 Å². The van der Waals surface area contributed by atoms with Gasteiger partial charge in [-0.05, 0) is 76.4 Å². The minimum absolute atomic E-state index is 0.0739. The van der Waals surface area contributed by atoms with Gasteiger partial charge < -0.3 is 0 Å². The average molecular weight is 719 g/mol. The fraction of sp³-hybridized carbons (Fsp3) is 0.224. The van der Waals surface area contributed by atoms with Crippen molar-refractivity contribution in [3.8, 4) is 33.6 Å². The van der Waals surface area contributed by atoms with Crippen LogP contribution in [0.25, 0.3) is 77.5 Å². The van der Waals surface area contributed by atoms with E-state index in [-0.39, 0.29) is 10.8 Å². The lowest BCUT2D eigenvalue weighted by Crippen LogP contribution is -2.12. The van der Waals surface area contributed by atoms with E-state index in [2.05, 4.69) is 173 Å². The van der Waals surface area contributed by atoms with E-state index in [1.165, 1.54) is 22.3 Å². The lowest BCUT2D eigenvalue weighted by molar-refractivity contribution is 0.400. The highest BCUT2D eigenvalue weighted by molar-refractivity contribution is 6.08. The first kappa shape index (κ1) is 34.6. The number of hydrogen-bond donors (Lipinski definition) is 0. The van der Waals surface area contributed by atoms with Gasteiger partial charge in [0.15, 0.2) is 0 Å². The van der Waals surface area contributed by atoms with Gasteiger partial charge in [0, 0.05) is 58.2 Å². The maximum absolute atomic E-state index is 5.21. The number of benzene rings is 5. The molecule has 6 heteroatoms. The molecule has 0 atom stereocenters. The summed E-state index contributed by atoms with van der Waals surface area (Å²) in [6.07, 6.45) is 5.61. The van der Waals surface area contributed by atoms with Crippen molar-refractivity contribution in [1.82, 2.24) is 29.1 Å². The number of fused-ring (bicyclic) bond motifs is 6. The minimum Gasteiger partial charge on any atom is -0.294 e. The Labute approximate surface area is 322 Å². The molecule has 9 aromatic rings. The second-order valence-electron chi connectivity index (χ2n) is 17.4. The Morgan fingerprint density at radius 3 is 1.55 bits per heavy atom. The summed E-state index contributed by atoms with van der Waals surface area (Å²) in [5.74, 6) is 1.73. The second-order valence-corrected chi connectivity index (χ2v) is 17.4. The summed E-state index contributed by atoms with van der Waals surface area (Å²) in [4.78, 5) is 20.0. The Balaban J connectivity index is 1.20. The molecule has 0 aliphatic rings. The summed E-state index contributed by atoms with van der Waals surface area (Å²) in [5, 5.41) is 4.43. The fourth-order valence-electron chi connectivity index (χ4n) is 7.96. The third-order valence-electron chi connectivity index (χ3n) is 10.3. The third-order valence-corrected chi connectivity index (χ3v) is 10.3. The van der Waals surface area contributed by atoms with E-state index < -0.39 is 0 Å². The van der Waals surface area contributed by atoms with Crippen LogP contribution in [0.5, 0.6) is 0 Å². The van der Waals surface area contributed by atoms with Crippen LogP contribution in [-0.2, 0) is 12.8 Å². The third kappa shape index (κ3) is 6.46. The summed E-state index contributed by atoms with van der Waals surface area (Å²) < 4.78 is 4.59. The minimum atomic E-state index is 0.0739. The van der Waals surface area contributed by atoms with Crippen LogP contribution in [0.15, 0.2) is 128 Å². The number of aryl methyl sites for hydroxylation is 1. The molecule has 272 valence electrons. The molecule has 4 aromatic heterocycles. The molecule has 9 rings (SSSR count). The van der Waals surface area contributed by atoms with Gasteiger partial charge in [0.2, 0.25) is 0 Å². The average Bonchev–Trinajstić information content (AvgIpc) is 3.65.